The topological polar surface area (TPSA) is 77.3 Å². The van der Waals surface area contributed by atoms with Gasteiger partial charge in [-0.15, -0.1) is 11.3 Å². The van der Waals surface area contributed by atoms with Crippen LogP contribution in [0.2, 0.25) is 0 Å². The standard InChI is InChI=1S/C17H17N3O3S/c1-22-13-5-2-4-12(10-13)17-19-16(23-20-17)7-8-18-15(21)11-14-6-3-9-24-14/h2-6,9-10H,7-8,11H2,1H3,(H,18,21). The zero-order valence-electron chi connectivity index (χ0n) is 13.2. The van der Waals surface area contributed by atoms with Crippen LogP contribution < -0.4 is 10.1 Å². The molecule has 2 heterocycles. The van der Waals surface area contributed by atoms with Crippen LogP contribution in [0.25, 0.3) is 11.4 Å². The van der Waals surface area contributed by atoms with Gasteiger partial charge in [-0.05, 0) is 23.6 Å². The number of thiophene rings is 1. The predicted molar refractivity (Wildman–Crippen MR) is 91.0 cm³/mol. The first-order valence-corrected chi connectivity index (χ1v) is 8.38. The summed E-state index contributed by atoms with van der Waals surface area (Å²) in [6.45, 7) is 0.462. The maximum Gasteiger partial charge on any atom is 0.228 e. The van der Waals surface area contributed by atoms with E-state index in [-0.39, 0.29) is 5.91 Å². The lowest BCUT2D eigenvalue weighted by molar-refractivity contribution is -0.120. The van der Waals surface area contributed by atoms with E-state index in [1.807, 2.05) is 41.8 Å². The van der Waals surface area contributed by atoms with Gasteiger partial charge in [-0.2, -0.15) is 4.98 Å². The minimum atomic E-state index is -0.00927. The molecule has 2 aromatic heterocycles. The Morgan fingerprint density at radius 1 is 1.33 bits per heavy atom. The summed E-state index contributed by atoms with van der Waals surface area (Å²) >= 11 is 1.57. The molecular weight excluding hydrogens is 326 g/mol. The monoisotopic (exact) mass is 343 g/mol. The number of benzene rings is 1. The first-order valence-electron chi connectivity index (χ1n) is 7.50. The molecule has 124 valence electrons. The molecule has 0 atom stereocenters. The molecule has 0 unspecified atom stereocenters. The highest BCUT2D eigenvalue weighted by Crippen LogP contribution is 2.21. The first kappa shape index (κ1) is 16.2. The molecule has 7 heteroatoms. The number of carbonyl (C=O) groups is 1. The Labute approximate surface area is 143 Å². The van der Waals surface area contributed by atoms with Crippen LogP contribution in [0.15, 0.2) is 46.3 Å². The van der Waals surface area contributed by atoms with E-state index in [0.717, 1.165) is 16.2 Å². The van der Waals surface area contributed by atoms with Crippen LogP contribution in [0.5, 0.6) is 5.75 Å². The van der Waals surface area contributed by atoms with Crippen molar-refractivity contribution in [2.75, 3.05) is 13.7 Å². The van der Waals surface area contributed by atoms with Crippen molar-refractivity contribution >= 4 is 17.2 Å². The fourth-order valence-corrected chi connectivity index (χ4v) is 2.88. The SMILES string of the molecule is COc1cccc(-c2noc(CCNC(=O)Cc3cccs3)n2)c1. The van der Waals surface area contributed by atoms with Crippen molar-refractivity contribution in [1.29, 1.82) is 0 Å². The van der Waals surface area contributed by atoms with Gasteiger partial charge in [0.15, 0.2) is 0 Å². The molecule has 0 fully saturated rings. The number of carbonyl (C=O) groups excluding carboxylic acids is 1. The number of amides is 1. The minimum absolute atomic E-state index is 0.00927. The van der Waals surface area contributed by atoms with Crippen molar-refractivity contribution in [2.24, 2.45) is 0 Å². The Morgan fingerprint density at radius 2 is 2.25 bits per heavy atom. The average Bonchev–Trinajstić information content (AvgIpc) is 3.27. The van der Waals surface area contributed by atoms with Gasteiger partial charge < -0.3 is 14.6 Å². The maximum atomic E-state index is 11.8. The second kappa shape index (κ2) is 7.74. The van der Waals surface area contributed by atoms with Crippen molar-refractivity contribution < 1.29 is 14.1 Å². The molecule has 0 aliphatic heterocycles. The smallest absolute Gasteiger partial charge is 0.228 e. The molecule has 24 heavy (non-hydrogen) atoms. The van der Waals surface area contributed by atoms with Crippen LogP contribution in [0, 0.1) is 0 Å². The number of rotatable bonds is 7. The molecule has 6 nitrogen and oxygen atoms in total. The normalized spacial score (nSPS) is 10.5. The second-order valence-electron chi connectivity index (χ2n) is 5.10. The lowest BCUT2D eigenvalue weighted by atomic mass is 10.2. The predicted octanol–water partition coefficient (Wildman–Crippen LogP) is 2.71. The Balaban J connectivity index is 1.51. The van der Waals surface area contributed by atoms with Gasteiger partial charge in [-0.1, -0.05) is 23.4 Å². The van der Waals surface area contributed by atoms with E-state index in [1.165, 1.54) is 0 Å². The van der Waals surface area contributed by atoms with Crippen LogP contribution >= 0.6 is 11.3 Å². The number of nitrogens with zero attached hydrogens (tertiary/aromatic N) is 2. The van der Waals surface area contributed by atoms with E-state index < -0.39 is 0 Å². The molecular formula is C17H17N3O3S. The van der Waals surface area contributed by atoms with E-state index >= 15 is 0 Å². The molecule has 1 N–H and O–H groups in total. The summed E-state index contributed by atoms with van der Waals surface area (Å²) in [6.07, 6.45) is 0.893. The van der Waals surface area contributed by atoms with Crippen LogP contribution in [-0.2, 0) is 17.6 Å². The summed E-state index contributed by atoms with van der Waals surface area (Å²) < 4.78 is 10.4. The highest BCUT2D eigenvalue weighted by molar-refractivity contribution is 7.10. The number of methoxy groups -OCH3 is 1. The van der Waals surface area contributed by atoms with E-state index in [4.69, 9.17) is 9.26 Å². The lowest BCUT2D eigenvalue weighted by Gasteiger charge is -2.01. The summed E-state index contributed by atoms with van der Waals surface area (Å²) in [4.78, 5) is 17.2. The zero-order chi connectivity index (χ0) is 16.8. The van der Waals surface area contributed by atoms with Gasteiger partial charge in [0.1, 0.15) is 5.75 Å². The third-order valence-electron chi connectivity index (χ3n) is 3.37. The second-order valence-corrected chi connectivity index (χ2v) is 6.13. The van der Waals surface area contributed by atoms with Gasteiger partial charge >= 0.3 is 0 Å². The Bertz CT molecular complexity index is 799. The van der Waals surface area contributed by atoms with Gasteiger partial charge in [0.05, 0.1) is 13.5 Å². The van der Waals surface area contributed by atoms with Gasteiger partial charge in [0.25, 0.3) is 0 Å². The van der Waals surface area contributed by atoms with Crippen molar-refractivity contribution in [1.82, 2.24) is 15.5 Å². The van der Waals surface area contributed by atoms with E-state index in [0.29, 0.717) is 31.1 Å². The molecule has 1 aromatic carbocycles. The Hall–Kier alpha value is -2.67. The third-order valence-corrected chi connectivity index (χ3v) is 4.25. The number of hydrogen-bond acceptors (Lipinski definition) is 6. The highest BCUT2D eigenvalue weighted by atomic mass is 32.1. The Morgan fingerprint density at radius 3 is 3.04 bits per heavy atom. The number of nitrogens with one attached hydrogen (secondary N) is 1. The third kappa shape index (κ3) is 4.20. The fraction of sp³-hybridized carbons (Fsp3) is 0.235. The van der Waals surface area contributed by atoms with Crippen LogP contribution in [0.4, 0.5) is 0 Å². The molecule has 3 rings (SSSR count). The van der Waals surface area contributed by atoms with Crippen LogP contribution in [0.1, 0.15) is 10.8 Å². The number of ether oxygens (including phenoxy) is 1. The highest BCUT2D eigenvalue weighted by Gasteiger charge is 2.10. The van der Waals surface area contributed by atoms with E-state index in [9.17, 15) is 4.79 Å². The van der Waals surface area contributed by atoms with Gasteiger partial charge in [0, 0.05) is 23.4 Å². The van der Waals surface area contributed by atoms with Crippen molar-refractivity contribution in [3.8, 4) is 17.1 Å². The van der Waals surface area contributed by atoms with Crippen molar-refractivity contribution in [2.45, 2.75) is 12.8 Å². The molecule has 3 aromatic rings. The quantitative estimate of drug-likeness (QED) is 0.714. The van der Waals surface area contributed by atoms with Gasteiger partial charge in [0.2, 0.25) is 17.6 Å². The molecule has 0 aliphatic rings. The molecule has 0 bridgehead atoms. The molecule has 0 spiro atoms. The number of aromatic nitrogens is 2. The van der Waals surface area contributed by atoms with Crippen LogP contribution in [-0.4, -0.2) is 29.7 Å². The van der Waals surface area contributed by atoms with Gasteiger partial charge in [-0.25, -0.2) is 0 Å². The average molecular weight is 343 g/mol. The van der Waals surface area contributed by atoms with Crippen LogP contribution in [0.3, 0.4) is 0 Å². The molecule has 1 amide bonds. The summed E-state index contributed by atoms with van der Waals surface area (Å²) in [5.41, 5.74) is 0.825. The van der Waals surface area contributed by atoms with Crippen molar-refractivity contribution in [3.05, 3.63) is 52.5 Å². The van der Waals surface area contributed by atoms with Crippen molar-refractivity contribution in [3.63, 3.8) is 0 Å². The molecule has 0 radical (unpaired) electrons. The first-order chi connectivity index (χ1) is 11.7. The van der Waals surface area contributed by atoms with E-state index in [2.05, 4.69) is 15.5 Å². The zero-order valence-corrected chi connectivity index (χ0v) is 14.0. The summed E-state index contributed by atoms with van der Waals surface area (Å²) in [5.74, 6) is 1.72. The molecule has 0 saturated carbocycles. The van der Waals surface area contributed by atoms with E-state index in [1.54, 1.807) is 18.4 Å². The minimum Gasteiger partial charge on any atom is -0.497 e. The van der Waals surface area contributed by atoms with Gasteiger partial charge in [-0.3, -0.25) is 4.79 Å². The largest absolute Gasteiger partial charge is 0.497 e. The maximum absolute atomic E-state index is 11.8. The lowest BCUT2D eigenvalue weighted by Crippen LogP contribution is -2.27. The molecule has 0 aliphatic carbocycles. The fourth-order valence-electron chi connectivity index (χ4n) is 2.18. The Kier molecular flexibility index (Phi) is 5.22. The summed E-state index contributed by atoms with van der Waals surface area (Å²) in [6, 6.07) is 11.3. The summed E-state index contributed by atoms with van der Waals surface area (Å²) in [5, 5.41) is 8.78. The summed E-state index contributed by atoms with van der Waals surface area (Å²) in [7, 11) is 1.61. The molecule has 0 saturated heterocycles. The number of hydrogen-bond donors (Lipinski definition) is 1.